The molecule has 0 bridgehead atoms. The summed E-state index contributed by atoms with van der Waals surface area (Å²) in [6, 6.07) is 14.4. The first-order chi connectivity index (χ1) is 13.6. The van der Waals surface area contributed by atoms with Crippen LogP contribution in [0.25, 0.3) is 11.3 Å². The Morgan fingerprint density at radius 3 is 2.31 bits per heavy atom. The van der Waals surface area contributed by atoms with Gasteiger partial charge in [-0.05, 0) is 73.7 Å². The fourth-order valence-electron chi connectivity index (χ4n) is 3.12. The number of benzene rings is 2. The van der Waals surface area contributed by atoms with Gasteiger partial charge in [-0.2, -0.15) is 0 Å². The van der Waals surface area contributed by atoms with Crippen molar-refractivity contribution >= 4 is 15.9 Å². The Kier molecular flexibility index (Phi) is 5.91. The number of carbonyl (C=O) groups excluding carboxylic acids is 1. The Labute approximate surface area is 171 Å². The van der Waals surface area contributed by atoms with Crippen LogP contribution in [0, 0.1) is 20.8 Å². The highest BCUT2D eigenvalue weighted by Gasteiger charge is 2.14. The molecule has 0 atom stereocenters. The van der Waals surface area contributed by atoms with Crippen molar-refractivity contribution in [2.24, 2.45) is 5.14 Å². The van der Waals surface area contributed by atoms with E-state index < -0.39 is 10.0 Å². The fraction of sp³-hybridized carbons (Fsp3) is 0.227. The zero-order chi connectivity index (χ0) is 21.2. The van der Waals surface area contributed by atoms with E-state index in [1.54, 1.807) is 12.1 Å². The molecule has 1 aromatic heterocycles. The molecule has 0 fully saturated rings. The lowest BCUT2D eigenvalue weighted by Gasteiger charge is -2.06. The third-order valence-corrected chi connectivity index (χ3v) is 5.96. The molecule has 0 radical (unpaired) electrons. The van der Waals surface area contributed by atoms with Gasteiger partial charge in [-0.1, -0.05) is 24.3 Å². The third-order valence-electron chi connectivity index (χ3n) is 5.03. The van der Waals surface area contributed by atoms with E-state index in [-0.39, 0.29) is 10.8 Å². The Morgan fingerprint density at radius 2 is 1.69 bits per heavy atom. The number of amides is 1. The lowest BCUT2D eigenvalue weighted by Crippen LogP contribution is -2.25. The lowest BCUT2D eigenvalue weighted by molar-refractivity contribution is 0.0953. The second kappa shape index (κ2) is 8.23. The molecule has 29 heavy (non-hydrogen) atoms. The van der Waals surface area contributed by atoms with Crippen LogP contribution in [-0.2, 0) is 16.4 Å². The molecule has 0 saturated heterocycles. The summed E-state index contributed by atoms with van der Waals surface area (Å²) in [4.78, 5) is 15.9. The van der Waals surface area contributed by atoms with Gasteiger partial charge in [0.15, 0.2) is 0 Å². The number of hydrogen-bond acceptors (Lipinski definition) is 3. The number of nitrogens with two attached hydrogens (primary N) is 1. The summed E-state index contributed by atoms with van der Waals surface area (Å²) in [5, 5.41) is 8.01. The lowest BCUT2D eigenvalue weighted by atomic mass is 10.0. The number of rotatable bonds is 6. The van der Waals surface area contributed by atoms with Crippen LogP contribution in [0.1, 0.15) is 32.7 Å². The predicted octanol–water partition coefficient (Wildman–Crippen LogP) is 3.23. The summed E-state index contributed by atoms with van der Waals surface area (Å²) in [6.45, 7) is 6.46. The third kappa shape index (κ3) is 4.93. The number of hydrogen-bond donors (Lipinski definition) is 3. The number of H-pyrrole nitrogens is 1. The van der Waals surface area contributed by atoms with E-state index in [1.807, 2.05) is 19.1 Å². The summed E-state index contributed by atoms with van der Waals surface area (Å²) in [5.74, 6) is -0.144. The second-order valence-electron chi connectivity index (χ2n) is 7.22. The van der Waals surface area contributed by atoms with Crippen LogP contribution in [0.2, 0.25) is 0 Å². The molecule has 152 valence electrons. The topological polar surface area (TPSA) is 105 Å². The standard InChI is InChI=1S/C22H25N3O3S/c1-14-4-7-18(12-15(14)2)21-13-20(16(3)25-21)22(26)24-11-10-17-5-8-19(9-6-17)29(23,27)28/h4-9,12-13,25H,10-11H2,1-3H3,(H,24,26)(H2,23,27,28). The van der Waals surface area contributed by atoms with Crippen molar-refractivity contribution in [3.63, 3.8) is 0 Å². The van der Waals surface area contributed by atoms with Crippen LogP contribution in [-0.4, -0.2) is 25.9 Å². The summed E-state index contributed by atoms with van der Waals surface area (Å²) < 4.78 is 22.6. The normalized spacial score (nSPS) is 11.4. The number of aryl methyl sites for hydroxylation is 3. The fourth-order valence-corrected chi connectivity index (χ4v) is 3.64. The van der Waals surface area contributed by atoms with Crippen molar-refractivity contribution in [3.8, 4) is 11.3 Å². The van der Waals surface area contributed by atoms with Crippen LogP contribution in [0.15, 0.2) is 53.4 Å². The molecule has 7 heteroatoms. The average molecular weight is 412 g/mol. The van der Waals surface area contributed by atoms with Gasteiger partial charge < -0.3 is 10.3 Å². The SMILES string of the molecule is Cc1ccc(-c2cc(C(=O)NCCc3ccc(S(N)(=O)=O)cc3)c(C)[nH]2)cc1C. The van der Waals surface area contributed by atoms with Crippen molar-refractivity contribution in [2.45, 2.75) is 32.1 Å². The van der Waals surface area contributed by atoms with Gasteiger partial charge >= 0.3 is 0 Å². The smallest absolute Gasteiger partial charge is 0.253 e. The molecule has 3 aromatic rings. The molecule has 4 N–H and O–H groups in total. The van der Waals surface area contributed by atoms with E-state index >= 15 is 0 Å². The minimum absolute atomic E-state index is 0.0760. The van der Waals surface area contributed by atoms with Gasteiger partial charge in [0, 0.05) is 17.9 Å². The van der Waals surface area contributed by atoms with Crippen molar-refractivity contribution < 1.29 is 13.2 Å². The largest absolute Gasteiger partial charge is 0.358 e. The quantitative estimate of drug-likeness (QED) is 0.580. The van der Waals surface area contributed by atoms with Crippen LogP contribution in [0.4, 0.5) is 0 Å². The molecule has 0 aliphatic carbocycles. The van der Waals surface area contributed by atoms with Crippen LogP contribution >= 0.6 is 0 Å². The number of aromatic nitrogens is 1. The number of primary sulfonamides is 1. The van der Waals surface area contributed by atoms with E-state index in [0.29, 0.717) is 18.5 Å². The number of carbonyl (C=O) groups is 1. The molecule has 0 spiro atoms. The van der Waals surface area contributed by atoms with E-state index in [2.05, 4.69) is 36.3 Å². The number of sulfonamides is 1. The van der Waals surface area contributed by atoms with Crippen molar-refractivity contribution in [1.82, 2.24) is 10.3 Å². The molecule has 0 aliphatic rings. The highest BCUT2D eigenvalue weighted by atomic mass is 32.2. The van der Waals surface area contributed by atoms with Gasteiger partial charge in [-0.25, -0.2) is 13.6 Å². The Balaban J connectivity index is 1.64. The average Bonchev–Trinajstić information content (AvgIpc) is 3.05. The molecular weight excluding hydrogens is 386 g/mol. The maximum atomic E-state index is 12.6. The highest BCUT2D eigenvalue weighted by molar-refractivity contribution is 7.89. The maximum absolute atomic E-state index is 12.6. The zero-order valence-corrected chi connectivity index (χ0v) is 17.6. The molecule has 0 unspecified atom stereocenters. The monoisotopic (exact) mass is 411 g/mol. The van der Waals surface area contributed by atoms with E-state index in [4.69, 9.17) is 5.14 Å². The second-order valence-corrected chi connectivity index (χ2v) is 8.78. The van der Waals surface area contributed by atoms with Gasteiger partial charge in [0.25, 0.3) is 5.91 Å². The Hall–Kier alpha value is -2.90. The van der Waals surface area contributed by atoms with Crippen LogP contribution < -0.4 is 10.5 Å². The highest BCUT2D eigenvalue weighted by Crippen LogP contribution is 2.24. The zero-order valence-electron chi connectivity index (χ0n) is 16.7. The van der Waals surface area contributed by atoms with Gasteiger partial charge in [0.1, 0.15) is 0 Å². The molecule has 1 heterocycles. The summed E-state index contributed by atoms with van der Waals surface area (Å²) in [7, 11) is -3.69. The first-order valence-corrected chi connectivity index (χ1v) is 10.9. The van der Waals surface area contributed by atoms with E-state index in [0.717, 1.165) is 22.5 Å². The molecule has 2 aromatic carbocycles. The first kappa shape index (κ1) is 20.8. The summed E-state index contributed by atoms with van der Waals surface area (Å²) >= 11 is 0. The summed E-state index contributed by atoms with van der Waals surface area (Å²) in [6.07, 6.45) is 0.587. The first-order valence-electron chi connectivity index (χ1n) is 9.32. The van der Waals surface area contributed by atoms with Crippen LogP contribution in [0.3, 0.4) is 0 Å². The van der Waals surface area contributed by atoms with Crippen molar-refractivity contribution in [2.75, 3.05) is 6.54 Å². The molecule has 6 nitrogen and oxygen atoms in total. The van der Waals surface area contributed by atoms with Gasteiger partial charge in [-0.15, -0.1) is 0 Å². The Bertz CT molecular complexity index is 1150. The molecular formula is C22H25N3O3S. The molecule has 3 rings (SSSR count). The van der Waals surface area contributed by atoms with Gasteiger partial charge in [0.05, 0.1) is 10.5 Å². The summed E-state index contributed by atoms with van der Waals surface area (Å²) in [5.41, 5.74) is 6.73. The molecule has 1 amide bonds. The van der Waals surface area contributed by atoms with Crippen molar-refractivity contribution in [3.05, 3.63) is 76.5 Å². The number of aromatic amines is 1. The maximum Gasteiger partial charge on any atom is 0.253 e. The number of nitrogens with one attached hydrogen (secondary N) is 2. The molecule has 0 aliphatic heterocycles. The molecule has 0 saturated carbocycles. The minimum atomic E-state index is -3.69. The Morgan fingerprint density at radius 1 is 1.00 bits per heavy atom. The predicted molar refractivity (Wildman–Crippen MR) is 114 cm³/mol. The van der Waals surface area contributed by atoms with Gasteiger partial charge in [-0.3, -0.25) is 4.79 Å². The minimum Gasteiger partial charge on any atom is -0.358 e. The van der Waals surface area contributed by atoms with E-state index in [9.17, 15) is 13.2 Å². The van der Waals surface area contributed by atoms with Crippen molar-refractivity contribution in [1.29, 1.82) is 0 Å². The van der Waals surface area contributed by atoms with Gasteiger partial charge in [0.2, 0.25) is 10.0 Å². The van der Waals surface area contributed by atoms with E-state index in [1.165, 1.54) is 23.3 Å². The van der Waals surface area contributed by atoms with Crippen LogP contribution in [0.5, 0.6) is 0 Å².